The second kappa shape index (κ2) is 7.59. The minimum absolute atomic E-state index is 0.0260. The summed E-state index contributed by atoms with van der Waals surface area (Å²) in [5.74, 6) is 0.851. The van der Waals surface area contributed by atoms with Gasteiger partial charge in [-0.2, -0.15) is 0 Å². The van der Waals surface area contributed by atoms with E-state index >= 15 is 0 Å². The van der Waals surface area contributed by atoms with Gasteiger partial charge in [0.25, 0.3) is 5.91 Å². The van der Waals surface area contributed by atoms with Crippen LogP contribution in [0.4, 0.5) is 0 Å². The first-order valence-corrected chi connectivity index (χ1v) is 10.3. The maximum absolute atomic E-state index is 12.9. The summed E-state index contributed by atoms with van der Waals surface area (Å²) in [6.07, 6.45) is 3.34. The van der Waals surface area contributed by atoms with Crippen molar-refractivity contribution in [2.75, 3.05) is 13.1 Å². The van der Waals surface area contributed by atoms with E-state index in [1.54, 1.807) is 0 Å². The Bertz CT molecular complexity index is 851. The highest BCUT2D eigenvalue weighted by molar-refractivity contribution is 5.94. The van der Waals surface area contributed by atoms with Crippen LogP contribution in [-0.4, -0.2) is 29.5 Å². The molecular formula is C24H30N2O2. The summed E-state index contributed by atoms with van der Waals surface area (Å²) in [4.78, 5) is 15.4. The molecular weight excluding hydrogens is 348 g/mol. The van der Waals surface area contributed by atoms with Crippen LogP contribution < -0.4 is 10.1 Å². The van der Waals surface area contributed by atoms with Crippen LogP contribution in [0.3, 0.4) is 0 Å². The van der Waals surface area contributed by atoms with Crippen molar-refractivity contribution in [1.29, 1.82) is 0 Å². The highest BCUT2D eigenvalue weighted by atomic mass is 16.5. The highest BCUT2D eigenvalue weighted by Crippen LogP contribution is 2.40. The molecule has 2 aromatic rings. The Hall–Kier alpha value is -2.33. The predicted octanol–water partition coefficient (Wildman–Crippen LogP) is 4.62. The van der Waals surface area contributed by atoms with Crippen LogP contribution in [0.5, 0.6) is 5.75 Å². The van der Waals surface area contributed by atoms with Crippen LogP contribution >= 0.6 is 0 Å². The van der Waals surface area contributed by atoms with Crippen molar-refractivity contribution in [1.82, 2.24) is 10.2 Å². The summed E-state index contributed by atoms with van der Waals surface area (Å²) in [6, 6.07) is 14.2. The lowest BCUT2D eigenvalue weighted by molar-refractivity contribution is 0.0619. The Labute approximate surface area is 167 Å². The van der Waals surface area contributed by atoms with E-state index in [9.17, 15) is 4.79 Å². The molecule has 0 bridgehead atoms. The van der Waals surface area contributed by atoms with Crippen molar-refractivity contribution >= 4 is 5.91 Å². The Morgan fingerprint density at radius 1 is 1.14 bits per heavy atom. The summed E-state index contributed by atoms with van der Waals surface area (Å²) >= 11 is 0. The molecule has 4 nitrogen and oxygen atoms in total. The normalized spacial score (nSPS) is 21.0. The minimum atomic E-state index is -0.307. The lowest BCUT2D eigenvalue weighted by Crippen LogP contribution is -2.41. The van der Waals surface area contributed by atoms with Gasteiger partial charge in [-0.25, -0.2) is 0 Å². The highest BCUT2D eigenvalue weighted by Gasteiger charge is 2.34. The number of benzene rings is 2. The zero-order chi connectivity index (χ0) is 19.7. The fourth-order valence-corrected chi connectivity index (χ4v) is 4.29. The maximum Gasteiger partial charge on any atom is 0.251 e. The van der Waals surface area contributed by atoms with Gasteiger partial charge in [-0.1, -0.05) is 24.3 Å². The molecule has 1 saturated heterocycles. The average molecular weight is 379 g/mol. The third kappa shape index (κ3) is 4.22. The predicted molar refractivity (Wildman–Crippen MR) is 112 cm³/mol. The number of aryl methyl sites for hydroxylation is 1. The molecule has 1 atom stereocenters. The molecule has 0 unspecified atom stereocenters. The van der Waals surface area contributed by atoms with Crippen molar-refractivity contribution in [2.45, 2.75) is 58.2 Å². The molecule has 0 radical (unpaired) electrons. The van der Waals surface area contributed by atoms with Crippen molar-refractivity contribution in [3.05, 3.63) is 64.7 Å². The van der Waals surface area contributed by atoms with Crippen molar-refractivity contribution in [2.24, 2.45) is 0 Å². The summed E-state index contributed by atoms with van der Waals surface area (Å²) in [7, 11) is 0. The molecule has 0 spiro atoms. The van der Waals surface area contributed by atoms with E-state index in [0.29, 0.717) is 5.56 Å². The number of rotatable bonds is 4. The van der Waals surface area contributed by atoms with Crippen LogP contribution in [0.15, 0.2) is 42.5 Å². The molecule has 2 aliphatic heterocycles. The molecule has 4 heteroatoms. The van der Waals surface area contributed by atoms with E-state index in [0.717, 1.165) is 29.8 Å². The van der Waals surface area contributed by atoms with Crippen LogP contribution in [0.2, 0.25) is 0 Å². The van der Waals surface area contributed by atoms with Crippen LogP contribution in [0.1, 0.15) is 66.2 Å². The standard InChI is InChI=1S/C24H30N2O2/c1-17-6-11-20-21(15-24(2,3)28-22(20)14-17)25-23(27)19-9-7-18(8-10-19)16-26-12-4-5-13-26/h6-11,14,21H,4-5,12-13,15-16H2,1-3H3,(H,25,27)/t21-/m1/s1. The van der Waals surface area contributed by atoms with Gasteiger partial charge in [0.15, 0.2) is 0 Å². The Kier molecular flexibility index (Phi) is 5.15. The topological polar surface area (TPSA) is 41.6 Å². The van der Waals surface area contributed by atoms with Gasteiger partial charge in [0.1, 0.15) is 11.4 Å². The number of carbonyl (C=O) groups is 1. The molecule has 148 valence electrons. The quantitative estimate of drug-likeness (QED) is 0.844. The SMILES string of the molecule is Cc1ccc2c(c1)OC(C)(C)C[C@H]2NC(=O)c1ccc(CN2CCCC2)cc1. The second-order valence-corrected chi connectivity index (χ2v) is 8.81. The molecule has 2 aliphatic rings. The maximum atomic E-state index is 12.9. The first kappa shape index (κ1) is 19.0. The number of nitrogens with one attached hydrogen (secondary N) is 1. The summed E-state index contributed by atoms with van der Waals surface area (Å²) in [5, 5.41) is 3.23. The average Bonchev–Trinajstić information content (AvgIpc) is 3.14. The van der Waals surface area contributed by atoms with Gasteiger partial charge >= 0.3 is 0 Å². The number of hydrogen-bond acceptors (Lipinski definition) is 3. The monoisotopic (exact) mass is 378 g/mol. The molecule has 28 heavy (non-hydrogen) atoms. The summed E-state index contributed by atoms with van der Waals surface area (Å²) in [5.41, 5.74) is 3.90. The van der Waals surface area contributed by atoms with Gasteiger partial charge in [-0.05, 0) is 76.0 Å². The Morgan fingerprint density at radius 3 is 2.57 bits per heavy atom. The van der Waals surface area contributed by atoms with E-state index in [4.69, 9.17) is 4.74 Å². The molecule has 0 aromatic heterocycles. The Balaban J connectivity index is 1.47. The third-order valence-corrected chi connectivity index (χ3v) is 5.75. The molecule has 1 amide bonds. The Morgan fingerprint density at radius 2 is 1.86 bits per heavy atom. The zero-order valence-corrected chi connectivity index (χ0v) is 17.1. The van der Waals surface area contributed by atoms with Gasteiger partial charge in [-0.3, -0.25) is 9.69 Å². The molecule has 1 fully saturated rings. The second-order valence-electron chi connectivity index (χ2n) is 8.81. The summed E-state index contributed by atoms with van der Waals surface area (Å²) < 4.78 is 6.14. The number of nitrogens with zero attached hydrogens (tertiary/aromatic N) is 1. The van der Waals surface area contributed by atoms with E-state index in [-0.39, 0.29) is 17.6 Å². The zero-order valence-electron chi connectivity index (χ0n) is 17.1. The van der Waals surface area contributed by atoms with Gasteiger partial charge in [-0.15, -0.1) is 0 Å². The molecule has 0 aliphatic carbocycles. The van der Waals surface area contributed by atoms with Gasteiger partial charge < -0.3 is 10.1 Å². The molecule has 0 saturated carbocycles. The number of likely N-dealkylation sites (tertiary alicyclic amines) is 1. The fourth-order valence-electron chi connectivity index (χ4n) is 4.29. The van der Waals surface area contributed by atoms with Gasteiger partial charge in [0.2, 0.25) is 0 Å². The molecule has 4 rings (SSSR count). The number of hydrogen-bond donors (Lipinski definition) is 1. The number of ether oxygens (including phenoxy) is 1. The largest absolute Gasteiger partial charge is 0.487 e. The number of amides is 1. The fraction of sp³-hybridized carbons (Fsp3) is 0.458. The first-order valence-electron chi connectivity index (χ1n) is 10.3. The van der Waals surface area contributed by atoms with Crippen LogP contribution in [0, 0.1) is 6.92 Å². The minimum Gasteiger partial charge on any atom is -0.487 e. The third-order valence-electron chi connectivity index (χ3n) is 5.75. The lowest BCUT2D eigenvalue weighted by atomic mass is 9.89. The molecule has 1 N–H and O–H groups in total. The molecule has 2 aromatic carbocycles. The smallest absolute Gasteiger partial charge is 0.251 e. The van der Waals surface area contributed by atoms with Gasteiger partial charge in [0, 0.05) is 24.1 Å². The van der Waals surface area contributed by atoms with Crippen LogP contribution in [-0.2, 0) is 6.54 Å². The van der Waals surface area contributed by atoms with Crippen molar-refractivity contribution in [3.8, 4) is 5.75 Å². The summed E-state index contributed by atoms with van der Waals surface area (Å²) in [6.45, 7) is 9.54. The van der Waals surface area contributed by atoms with E-state index in [2.05, 4.69) is 61.3 Å². The lowest BCUT2D eigenvalue weighted by Gasteiger charge is -2.38. The van der Waals surface area contributed by atoms with Gasteiger partial charge in [0.05, 0.1) is 6.04 Å². The van der Waals surface area contributed by atoms with E-state index in [1.165, 1.54) is 31.5 Å². The van der Waals surface area contributed by atoms with E-state index < -0.39 is 0 Å². The molecule has 2 heterocycles. The van der Waals surface area contributed by atoms with Crippen LogP contribution in [0.25, 0.3) is 0 Å². The first-order chi connectivity index (χ1) is 13.4. The number of carbonyl (C=O) groups excluding carboxylic acids is 1. The van der Waals surface area contributed by atoms with Crippen molar-refractivity contribution < 1.29 is 9.53 Å². The number of fused-ring (bicyclic) bond motifs is 1. The van der Waals surface area contributed by atoms with Crippen molar-refractivity contribution in [3.63, 3.8) is 0 Å². The van der Waals surface area contributed by atoms with E-state index in [1.807, 2.05) is 12.1 Å².